The molecule has 0 aromatic carbocycles. The normalized spacial score (nSPS) is 22.6. The lowest BCUT2D eigenvalue weighted by Crippen LogP contribution is -2.37. The molecule has 0 bridgehead atoms. The lowest BCUT2D eigenvalue weighted by molar-refractivity contribution is -0.138. The summed E-state index contributed by atoms with van der Waals surface area (Å²) in [5, 5.41) is 11.5. The quantitative estimate of drug-likeness (QED) is 0.585. The zero-order valence-electron chi connectivity index (χ0n) is 7.62. The van der Waals surface area contributed by atoms with Crippen LogP contribution in [0.2, 0.25) is 0 Å². The van der Waals surface area contributed by atoms with Crippen LogP contribution in [0.1, 0.15) is 6.42 Å². The number of aliphatic carboxylic acids is 1. The Morgan fingerprint density at radius 1 is 1.77 bits per heavy atom. The van der Waals surface area contributed by atoms with Crippen LogP contribution in [0.25, 0.3) is 0 Å². The molecule has 0 radical (unpaired) electrons. The van der Waals surface area contributed by atoms with Crippen molar-refractivity contribution in [2.24, 2.45) is 0 Å². The van der Waals surface area contributed by atoms with Gasteiger partial charge in [-0.3, -0.25) is 14.5 Å². The number of carboxylic acid groups (broad SMARTS) is 1. The van der Waals surface area contributed by atoms with Crippen LogP contribution in [-0.4, -0.2) is 54.5 Å². The fourth-order valence-corrected chi connectivity index (χ4v) is 1.48. The minimum absolute atomic E-state index is 0.0202. The summed E-state index contributed by atoms with van der Waals surface area (Å²) in [5.41, 5.74) is 0. The summed E-state index contributed by atoms with van der Waals surface area (Å²) >= 11 is 0. The maximum Gasteiger partial charge on any atom is 0.317 e. The van der Waals surface area contributed by atoms with Crippen molar-refractivity contribution in [1.82, 2.24) is 10.2 Å². The highest BCUT2D eigenvalue weighted by Crippen LogP contribution is 2.02. The molecule has 5 nitrogen and oxygen atoms in total. The third-order valence-corrected chi connectivity index (χ3v) is 2.00. The molecule has 1 fully saturated rings. The number of carboxylic acids is 1. The van der Waals surface area contributed by atoms with Gasteiger partial charge in [-0.05, 0) is 7.05 Å². The number of nitrogens with zero attached hydrogens (tertiary/aromatic N) is 1. The number of hydrogen-bond acceptors (Lipinski definition) is 4. The van der Waals surface area contributed by atoms with Gasteiger partial charge >= 0.3 is 5.97 Å². The number of nitrogens with one attached hydrogen (secondary N) is 1. The molecule has 74 valence electrons. The number of hydrogen-bond donors (Lipinski definition) is 2. The second-order valence-electron chi connectivity index (χ2n) is 3.41. The molecule has 13 heavy (non-hydrogen) atoms. The SMILES string of the molecule is CN(CC(=O)O)CC1CC(=O)CN1. The van der Waals surface area contributed by atoms with E-state index >= 15 is 0 Å². The first kappa shape index (κ1) is 10.1. The fraction of sp³-hybridized carbons (Fsp3) is 0.750. The van der Waals surface area contributed by atoms with Gasteiger partial charge in [0.15, 0.2) is 0 Å². The lowest BCUT2D eigenvalue weighted by atomic mass is 10.2. The molecule has 1 aliphatic heterocycles. The second kappa shape index (κ2) is 4.34. The molecule has 2 N–H and O–H groups in total. The molecule has 0 aromatic heterocycles. The van der Waals surface area contributed by atoms with Crippen molar-refractivity contribution in [2.75, 3.05) is 26.7 Å². The van der Waals surface area contributed by atoms with Gasteiger partial charge in [-0.15, -0.1) is 0 Å². The fourth-order valence-electron chi connectivity index (χ4n) is 1.48. The highest BCUT2D eigenvalue weighted by Gasteiger charge is 2.22. The van der Waals surface area contributed by atoms with Crippen molar-refractivity contribution < 1.29 is 14.7 Å². The van der Waals surface area contributed by atoms with Crippen LogP contribution in [0.15, 0.2) is 0 Å². The molecule has 1 aliphatic rings. The number of Topliss-reactive ketones (excluding diaryl/α,β-unsaturated/α-hetero) is 1. The van der Waals surface area contributed by atoms with Crippen LogP contribution in [0.4, 0.5) is 0 Å². The average molecular weight is 186 g/mol. The molecule has 1 heterocycles. The monoisotopic (exact) mass is 186 g/mol. The van der Waals surface area contributed by atoms with Gasteiger partial charge in [0.2, 0.25) is 0 Å². The van der Waals surface area contributed by atoms with E-state index < -0.39 is 5.97 Å². The molecule has 0 saturated carbocycles. The van der Waals surface area contributed by atoms with Crippen molar-refractivity contribution >= 4 is 11.8 Å². The van der Waals surface area contributed by atoms with E-state index in [4.69, 9.17) is 5.11 Å². The highest BCUT2D eigenvalue weighted by atomic mass is 16.4. The maximum absolute atomic E-state index is 10.9. The summed E-state index contributed by atoms with van der Waals surface area (Å²) < 4.78 is 0. The first-order valence-corrected chi connectivity index (χ1v) is 4.23. The van der Waals surface area contributed by atoms with Crippen LogP contribution < -0.4 is 5.32 Å². The first-order valence-electron chi connectivity index (χ1n) is 4.23. The Hall–Kier alpha value is -0.940. The zero-order valence-corrected chi connectivity index (χ0v) is 7.62. The largest absolute Gasteiger partial charge is 0.480 e. The van der Waals surface area contributed by atoms with E-state index in [1.54, 1.807) is 11.9 Å². The molecular formula is C8H14N2O3. The van der Waals surface area contributed by atoms with Gasteiger partial charge in [-0.25, -0.2) is 0 Å². The molecule has 0 amide bonds. The standard InChI is InChI=1S/C8H14N2O3/c1-10(5-8(12)13)4-6-2-7(11)3-9-6/h6,9H,2-5H2,1H3,(H,12,13). The van der Waals surface area contributed by atoms with Gasteiger partial charge in [0, 0.05) is 19.0 Å². The summed E-state index contributed by atoms with van der Waals surface area (Å²) in [6.45, 7) is 1.05. The highest BCUT2D eigenvalue weighted by molar-refractivity contribution is 5.83. The molecule has 1 rings (SSSR count). The number of likely N-dealkylation sites (N-methyl/N-ethyl adjacent to an activating group) is 1. The van der Waals surface area contributed by atoms with Crippen molar-refractivity contribution in [3.63, 3.8) is 0 Å². The van der Waals surface area contributed by atoms with Crippen LogP contribution >= 0.6 is 0 Å². The van der Waals surface area contributed by atoms with Crippen molar-refractivity contribution in [1.29, 1.82) is 0 Å². The minimum Gasteiger partial charge on any atom is -0.480 e. The van der Waals surface area contributed by atoms with Crippen LogP contribution in [0.5, 0.6) is 0 Å². The number of rotatable bonds is 4. The molecule has 1 saturated heterocycles. The van der Waals surface area contributed by atoms with E-state index in [1.807, 2.05) is 0 Å². The summed E-state index contributed by atoms with van der Waals surface area (Å²) in [7, 11) is 1.73. The average Bonchev–Trinajstić information content (AvgIpc) is 2.33. The summed E-state index contributed by atoms with van der Waals surface area (Å²) in [5.74, 6) is -0.638. The van der Waals surface area contributed by atoms with Gasteiger partial charge in [-0.2, -0.15) is 0 Å². The van der Waals surface area contributed by atoms with E-state index in [0.717, 1.165) is 0 Å². The Kier molecular flexibility index (Phi) is 3.39. The number of carbonyl (C=O) groups is 2. The molecular weight excluding hydrogens is 172 g/mol. The minimum atomic E-state index is -0.841. The van der Waals surface area contributed by atoms with E-state index in [2.05, 4.69) is 5.32 Å². The van der Waals surface area contributed by atoms with Gasteiger partial charge in [0.25, 0.3) is 0 Å². The number of carbonyl (C=O) groups excluding carboxylic acids is 1. The molecule has 1 unspecified atom stereocenters. The van der Waals surface area contributed by atoms with Crippen LogP contribution in [-0.2, 0) is 9.59 Å². The van der Waals surface area contributed by atoms with E-state index in [-0.39, 0.29) is 18.4 Å². The third kappa shape index (κ3) is 3.52. The summed E-state index contributed by atoms with van der Waals surface area (Å²) in [4.78, 5) is 22.9. The van der Waals surface area contributed by atoms with Crippen LogP contribution in [0, 0.1) is 0 Å². The Morgan fingerprint density at radius 3 is 2.92 bits per heavy atom. The zero-order chi connectivity index (χ0) is 9.84. The predicted octanol–water partition coefficient (Wildman–Crippen LogP) is -1.07. The summed E-state index contributed by atoms with van der Waals surface area (Å²) in [6, 6.07) is 0.122. The Morgan fingerprint density at radius 2 is 2.46 bits per heavy atom. The Labute approximate surface area is 76.7 Å². The van der Waals surface area contributed by atoms with E-state index in [0.29, 0.717) is 19.5 Å². The third-order valence-electron chi connectivity index (χ3n) is 2.00. The van der Waals surface area contributed by atoms with Gasteiger partial charge < -0.3 is 10.4 Å². The molecule has 1 atom stereocenters. The topological polar surface area (TPSA) is 69.6 Å². The van der Waals surface area contributed by atoms with Crippen molar-refractivity contribution in [2.45, 2.75) is 12.5 Å². The van der Waals surface area contributed by atoms with Crippen LogP contribution in [0.3, 0.4) is 0 Å². The Bertz CT molecular complexity index is 217. The lowest BCUT2D eigenvalue weighted by Gasteiger charge is -2.18. The summed E-state index contributed by atoms with van der Waals surface area (Å²) in [6.07, 6.45) is 0.518. The molecule has 0 aromatic rings. The van der Waals surface area contributed by atoms with Gasteiger partial charge in [-0.1, -0.05) is 0 Å². The van der Waals surface area contributed by atoms with Gasteiger partial charge in [0.05, 0.1) is 13.1 Å². The maximum atomic E-state index is 10.9. The number of ketones is 1. The predicted molar refractivity (Wildman–Crippen MR) is 46.5 cm³/mol. The second-order valence-corrected chi connectivity index (χ2v) is 3.41. The smallest absolute Gasteiger partial charge is 0.317 e. The van der Waals surface area contributed by atoms with Gasteiger partial charge in [0.1, 0.15) is 5.78 Å². The van der Waals surface area contributed by atoms with E-state index in [9.17, 15) is 9.59 Å². The molecule has 0 aliphatic carbocycles. The Balaban J connectivity index is 2.24. The molecule has 0 spiro atoms. The van der Waals surface area contributed by atoms with E-state index in [1.165, 1.54) is 0 Å². The van der Waals surface area contributed by atoms with Crippen molar-refractivity contribution in [3.8, 4) is 0 Å². The first-order chi connectivity index (χ1) is 6.08. The molecule has 5 heteroatoms. The van der Waals surface area contributed by atoms with Crippen molar-refractivity contribution in [3.05, 3.63) is 0 Å².